The molecule has 9 aromatic rings. The topological polar surface area (TPSA) is 56.7 Å². The van der Waals surface area contributed by atoms with E-state index in [1.54, 1.807) is 6.07 Å². The number of hydrogen-bond acceptors (Lipinski definition) is 4. The van der Waals surface area contributed by atoms with Gasteiger partial charge in [-0.15, -0.1) is 47.5 Å². The number of furan rings is 1. The molecule has 0 saturated carbocycles. The molecular formula is C54H55FIrN4OSi-2. The van der Waals surface area contributed by atoms with Crippen LogP contribution >= 0.6 is 0 Å². The van der Waals surface area contributed by atoms with Gasteiger partial charge in [0.25, 0.3) is 0 Å². The molecule has 0 saturated heterocycles. The fraction of sp³-hybridized carbons (Fsp3) is 0.278. The van der Waals surface area contributed by atoms with E-state index in [0.717, 1.165) is 73.4 Å². The molecule has 0 fully saturated rings. The molecule has 5 nitrogen and oxygen atoms in total. The van der Waals surface area contributed by atoms with Crippen LogP contribution in [0.4, 0.5) is 4.39 Å². The number of hydrogen-bond donors (Lipinski definition) is 0. The number of rotatable bonds is 6. The molecule has 0 unspecified atom stereocenters. The van der Waals surface area contributed by atoms with Crippen molar-refractivity contribution in [1.82, 2.24) is 19.5 Å². The third-order valence-electron chi connectivity index (χ3n) is 11.5. The minimum absolute atomic E-state index is 0. The van der Waals surface area contributed by atoms with Gasteiger partial charge < -0.3 is 14.0 Å². The van der Waals surface area contributed by atoms with E-state index in [1.807, 2.05) is 6.20 Å². The number of nitrogens with zero attached hydrogens (tertiary/aromatic N) is 4. The summed E-state index contributed by atoms with van der Waals surface area (Å²) in [6, 6.07) is 36.9. The van der Waals surface area contributed by atoms with Gasteiger partial charge in [0.1, 0.15) is 0 Å². The van der Waals surface area contributed by atoms with E-state index in [-0.39, 0.29) is 31.3 Å². The summed E-state index contributed by atoms with van der Waals surface area (Å²) >= 11 is 0. The Labute approximate surface area is 380 Å². The van der Waals surface area contributed by atoms with E-state index in [0.29, 0.717) is 11.6 Å². The molecule has 8 heteroatoms. The van der Waals surface area contributed by atoms with Crippen molar-refractivity contribution in [3.05, 3.63) is 149 Å². The van der Waals surface area contributed by atoms with Crippen molar-refractivity contribution in [2.24, 2.45) is 5.92 Å². The van der Waals surface area contributed by atoms with E-state index in [9.17, 15) is 4.39 Å². The molecule has 1 radical (unpaired) electrons. The van der Waals surface area contributed by atoms with Crippen LogP contribution in [0.5, 0.6) is 0 Å². The largest absolute Gasteiger partial charge is 0.486 e. The van der Waals surface area contributed by atoms with Gasteiger partial charge in [-0.3, -0.25) is 4.98 Å². The molecule has 9 rings (SSSR count). The predicted molar refractivity (Wildman–Crippen MR) is 256 cm³/mol. The summed E-state index contributed by atoms with van der Waals surface area (Å²) in [5.41, 5.74) is 14.0. The van der Waals surface area contributed by atoms with Gasteiger partial charge in [0.15, 0.2) is 0 Å². The standard InChI is InChI=1S/C36H32N3O.C18H23FNSi.Ir/c1-20-18-22(3)31(23(4)19-20)39-32-25-11-9-8-10-24(25)13-16-28(32)37-34(39)27-14-12-21(2)30-26-15-17-29(36(5,6)7)38-35(26)40-33(27)30;1-13(2)9-15-11-17(14-7-6-8-16(19)10-14)20-12-18(15)21(3,4)5;/h8-13,15-19H,1-7H3;6,8,10-13H,9H2,1-5H3;/q2*-1;. The molecule has 0 N–H and O–H groups in total. The molecule has 0 aliphatic rings. The van der Waals surface area contributed by atoms with Crippen molar-refractivity contribution in [2.45, 2.75) is 93.8 Å². The summed E-state index contributed by atoms with van der Waals surface area (Å²) in [5, 5.41) is 5.84. The van der Waals surface area contributed by atoms with Crippen molar-refractivity contribution >= 4 is 57.1 Å². The maximum Gasteiger partial charge on any atom is 0.216 e. The van der Waals surface area contributed by atoms with E-state index in [2.05, 4.69) is 176 Å². The van der Waals surface area contributed by atoms with E-state index < -0.39 is 8.07 Å². The summed E-state index contributed by atoms with van der Waals surface area (Å²) in [6.45, 7) is 26.6. The maximum absolute atomic E-state index is 13.4. The Kier molecular flexibility index (Phi) is 12.4. The second kappa shape index (κ2) is 17.1. The van der Waals surface area contributed by atoms with Gasteiger partial charge in [-0.05, 0) is 78.7 Å². The first-order valence-corrected chi connectivity index (χ1v) is 24.8. The molecule has 0 bridgehead atoms. The number of imidazole rings is 1. The van der Waals surface area contributed by atoms with Crippen LogP contribution in [-0.4, -0.2) is 27.6 Å². The number of aromatic nitrogens is 4. The SMILES string of the molecule is CC(C)Cc1cc(-c2[c-]ccc(F)c2)ncc1[Si](C)(C)C.Cc1cc(C)c(-n2c(-c3[c-]cc(C)c4c3oc3nc(C(C)(C)C)ccc34)nc3ccc4ccccc4c32)c(C)c1.[Ir]. The Morgan fingerprint density at radius 2 is 1.55 bits per heavy atom. The molecule has 62 heavy (non-hydrogen) atoms. The van der Waals surface area contributed by atoms with Crippen molar-refractivity contribution in [3.63, 3.8) is 0 Å². The van der Waals surface area contributed by atoms with Gasteiger partial charge in [0, 0.05) is 59.7 Å². The Morgan fingerprint density at radius 1 is 0.823 bits per heavy atom. The minimum atomic E-state index is -1.43. The maximum atomic E-state index is 13.4. The Hall–Kier alpha value is -5.27. The van der Waals surface area contributed by atoms with Crippen LogP contribution in [0.2, 0.25) is 19.6 Å². The second-order valence-electron chi connectivity index (χ2n) is 19.1. The Morgan fingerprint density at radius 3 is 2.23 bits per heavy atom. The quantitative estimate of drug-likeness (QED) is 0.123. The summed E-state index contributed by atoms with van der Waals surface area (Å²) in [5.74, 6) is 1.17. The zero-order valence-corrected chi connectivity index (χ0v) is 41.3. The fourth-order valence-corrected chi connectivity index (χ4v) is 10.3. The van der Waals surface area contributed by atoms with Gasteiger partial charge in [-0.1, -0.05) is 132 Å². The summed E-state index contributed by atoms with van der Waals surface area (Å²) in [4.78, 5) is 14.8. The molecule has 4 heterocycles. The van der Waals surface area contributed by atoms with Gasteiger partial charge >= 0.3 is 0 Å². The molecule has 0 aliphatic heterocycles. The van der Waals surface area contributed by atoms with Crippen LogP contribution in [0.25, 0.3) is 72.2 Å². The van der Waals surface area contributed by atoms with Crippen LogP contribution < -0.4 is 5.19 Å². The third kappa shape index (κ3) is 8.58. The molecule has 0 amide bonds. The molecule has 319 valence electrons. The van der Waals surface area contributed by atoms with E-state index in [4.69, 9.17) is 14.4 Å². The average Bonchev–Trinajstić information content (AvgIpc) is 3.77. The van der Waals surface area contributed by atoms with Crippen molar-refractivity contribution in [3.8, 4) is 28.3 Å². The Bertz CT molecular complexity index is 3110. The van der Waals surface area contributed by atoms with Crippen molar-refractivity contribution in [1.29, 1.82) is 0 Å². The van der Waals surface area contributed by atoms with Gasteiger partial charge in [0.2, 0.25) is 5.71 Å². The number of halogens is 1. The molecule has 4 aromatic heterocycles. The third-order valence-corrected chi connectivity index (χ3v) is 13.5. The van der Waals surface area contributed by atoms with Gasteiger partial charge in [0.05, 0.1) is 30.5 Å². The monoisotopic (exact) mass is 1020 g/mol. The molecular weight excluding hydrogens is 960 g/mol. The normalized spacial score (nSPS) is 12.0. The van der Waals surface area contributed by atoms with E-state index >= 15 is 0 Å². The molecule has 0 aliphatic carbocycles. The smallest absolute Gasteiger partial charge is 0.216 e. The number of benzene rings is 5. The molecule has 0 spiro atoms. The summed E-state index contributed by atoms with van der Waals surface area (Å²) < 4.78 is 22.3. The van der Waals surface area contributed by atoms with Gasteiger partial charge in [-0.25, -0.2) is 9.37 Å². The molecule has 0 atom stereocenters. The summed E-state index contributed by atoms with van der Waals surface area (Å²) in [6.07, 6.45) is 3.03. The number of fused-ring (bicyclic) bond motifs is 6. The summed E-state index contributed by atoms with van der Waals surface area (Å²) in [7, 11) is -1.43. The van der Waals surface area contributed by atoms with Crippen LogP contribution in [0.1, 0.15) is 68.1 Å². The van der Waals surface area contributed by atoms with Crippen LogP contribution in [0.15, 0.2) is 102 Å². The first-order chi connectivity index (χ1) is 28.9. The van der Waals surface area contributed by atoms with Crippen LogP contribution in [0.3, 0.4) is 0 Å². The zero-order valence-electron chi connectivity index (χ0n) is 37.9. The fourth-order valence-electron chi connectivity index (χ4n) is 8.71. The average molecular weight is 1020 g/mol. The second-order valence-corrected chi connectivity index (χ2v) is 24.2. The van der Waals surface area contributed by atoms with E-state index in [1.165, 1.54) is 50.3 Å². The van der Waals surface area contributed by atoms with Gasteiger partial charge in [-0.2, -0.15) is 0 Å². The van der Waals surface area contributed by atoms with Crippen LogP contribution in [0, 0.1) is 51.6 Å². The zero-order chi connectivity index (χ0) is 43.5. The van der Waals surface area contributed by atoms with Crippen molar-refractivity contribution < 1.29 is 28.9 Å². The van der Waals surface area contributed by atoms with Crippen LogP contribution in [-0.2, 0) is 31.9 Å². The molecule has 5 aromatic carbocycles. The first kappa shape index (κ1) is 44.8. The number of aryl methyl sites for hydroxylation is 4. The Balaban J connectivity index is 0.000000223. The predicted octanol–water partition coefficient (Wildman–Crippen LogP) is 13.9. The number of pyridine rings is 2. The van der Waals surface area contributed by atoms with Crippen molar-refractivity contribution in [2.75, 3.05) is 0 Å². The minimum Gasteiger partial charge on any atom is -0.486 e. The first-order valence-electron chi connectivity index (χ1n) is 21.3.